The van der Waals surface area contributed by atoms with Crippen molar-refractivity contribution in [1.82, 2.24) is 14.7 Å². The molecular formula is C17H19N3O4. The molecule has 7 nitrogen and oxygen atoms in total. The smallest absolute Gasteiger partial charge is 0.267 e. The molecule has 0 saturated carbocycles. The summed E-state index contributed by atoms with van der Waals surface area (Å²) in [5.41, 5.74) is 0.572. The van der Waals surface area contributed by atoms with Gasteiger partial charge in [0.1, 0.15) is 5.75 Å². The highest BCUT2D eigenvalue weighted by Gasteiger charge is 2.29. The van der Waals surface area contributed by atoms with E-state index in [1.54, 1.807) is 12.1 Å². The van der Waals surface area contributed by atoms with Gasteiger partial charge < -0.3 is 9.64 Å². The summed E-state index contributed by atoms with van der Waals surface area (Å²) < 4.78 is 6.22. The van der Waals surface area contributed by atoms with Crippen molar-refractivity contribution in [3.63, 3.8) is 0 Å². The van der Waals surface area contributed by atoms with Gasteiger partial charge in [-0.3, -0.25) is 14.4 Å². The predicted octanol–water partition coefficient (Wildman–Crippen LogP) is 1.14. The van der Waals surface area contributed by atoms with E-state index in [0.29, 0.717) is 17.0 Å². The summed E-state index contributed by atoms with van der Waals surface area (Å²) in [5, 5.41) is 4.23. The fourth-order valence-corrected chi connectivity index (χ4v) is 2.31. The Labute approximate surface area is 139 Å². The Kier molecular flexibility index (Phi) is 5.13. The van der Waals surface area contributed by atoms with Gasteiger partial charge in [0.05, 0.1) is 12.8 Å². The lowest BCUT2D eigenvalue weighted by Crippen LogP contribution is -2.41. The van der Waals surface area contributed by atoms with Gasteiger partial charge in [-0.1, -0.05) is 12.1 Å². The molecule has 0 radical (unpaired) electrons. The molecule has 7 heteroatoms. The maximum atomic E-state index is 12.3. The van der Waals surface area contributed by atoms with Crippen LogP contribution >= 0.6 is 0 Å². The van der Waals surface area contributed by atoms with E-state index in [2.05, 4.69) is 5.10 Å². The molecule has 2 aromatic rings. The van der Waals surface area contributed by atoms with Crippen molar-refractivity contribution in [2.75, 3.05) is 21.2 Å². The van der Waals surface area contributed by atoms with Crippen molar-refractivity contribution in [3.05, 3.63) is 46.8 Å². The summed E-state index contributed by atoms with van der Waals surface area (Å²) in [4.78, 5) is 37.7. The van der Waals surface area contributed by atoms with E-state index in [1.807, 2.05) is 12.1 Å². The Bertz CT molecular complexity index is 827. The third-order valence-corrected chi connectivity index (χ3v) is 3.51. The van der Waals surface area contributed by atoms with Crippen molar-refractivity contribution < 1.29 is 14.3 Å². The van der Waals surface area contributed by atoms with Gasteiger partial charge in [0, 0.05) is 25.7 Å². The van der Waals surface area contributed by atoms with E-state index < -0.39 is 23.3 Å². The molecule has 1 amide bonds. The first-order valence-corrected chi connectivity index (χ1v) is 7.31. The molecule has 0 aliphatic heterocycles. The number of benzene rings is 1. The molecule has 1 aromatic heterocycles. The number of aromatic nitrogens is 2. The van der Waals surface area contributed by atoms with Gasteiger partial charge >= 0.3 is 0 Å². The van der Waals surface area contributed by atoms with E-state index in [0.717, 1.165) is 4.68 Å². The summed E-state index contributed by atoms with van der Waals surface area (Å²) in [5.74, 6) is -0.386. The normalized spacial score (nSPS) is 11.7. The van der Waals surface area contributed by atoms with Crippen LogP contribution in [-0.4, -0.2) is 47.6 Å². The lowest BCUT2D eigenvalue weighted by Gasteiger charge is -2.20. The van der Waals surface area contributed by atoms with Crippen LogP contribution in [0.4, 0.5) is 0 Å². The number of ether oxygens (including phenoxy) is 1. The number of hydrogen-bond donors (Lipinski definition) is 0. The monoisotopic (exact) mass is 329 g/mol. The lowest BCUT2D eigenvalue weighted by atomic mass is 10.1. The van der Waals surface area contributed by atoms with Gasteiger partial charge in [0.15, 0.2) is 11.8 Å². The van der Waals surface area contributed by atoms with Crippen LogP contribution in [-0.2, 0) is 9.59 Å². The largest absolute Gasteiger partial charge is 0.496 e. The highest BCUT2D eigenvalue weighted by molar-refractivity contribution is 6.02. The molecule has 1 atom stereocenters. The highest BCUT2D eigenvalue weighted by atomic mass is 16.5. The van der Waals surface area contributed by atoms with Crippen molar-refractivity contribution in [2.45, 2.75) is 13.0 Å². The molecule has 1 heterocycles. The molecule has 0 aliphatic carbocycles. The fraction of sp³-hybridized carbons (Fsp3) is 0.294. The second-order valence-corrected chi connectivity index (χ2v) is 5.45. The Morgan fingerprint density at radius 1 is 1.17 bits per heavy atom. The van der Waals surface area contributed by atoms with Crippen LogP contribution in [0.5, 0.6) is 5.75 Å². The van der Waals surface area contributed by atoms with Crippen molar-refractivity contribution >= 4 is 11.7 Å². The van der Waals surface area contributed by atoms with Crippen LogP contribution < -0.4 is 10.3 Å². The first-order chi connectivity index (χ1) is 11.4. The summed E-state index contributed by atoms with van der Waals surface area (Å²) in [7, 11) is 4.57. The van der Waals surface area contributed by atoms with Crippen LogP contribution in [0.25, 0.3) is 11.3 Å². The number of carbonyl (C=O) groups excluding carboxylic acids is 2. The zero-order chi connectivity index (χ0) is 17.9. The molecule has 1 aromatic carbocycles. The minimum absolute atomic E-state index is 0.435. The Balaban J connectivity index is 2.62. The fourth-order valence-electron chi connectivity index (χ4n) is 2.31. The SMILES string of the molecule is COc1ccccc1-c1ccc(=O)n([C@H](C(C)=O)C(=O)N(C)C)n1. The standard InChI is InChI=1S/C17H19N3O4/c1-11(21)16(17(23)19(2)3)20-15(22)10-9-13(18-20)12-7-5-6-8-14(12)24-4/h5-10,16H,1-4H3/t16-/m1/s1. The number of para-hydroxylation sites is 1. The van der Waals surface area contributed by atoms with E-state index in [-0.39, 0.29) is 0 Å². The number of amides is 1. The Morgan fingerprint density at radius 3 is 2.42 bits per heavy atom. The van der Waals surface area contributed by atoms with Gasteiger partial charge in [-0.05, 0) is 25.1 Å². The third-order valence-electron chi connectivity index (χ3n) is 3.51. The number of likely N-dealkylation sites (N-methyl/N-ethyl adjacent to an activating group) is 1. The van der Waals surface area contributed by atoms with Gasteiger partial charge in [0.25, 0.3) is 11.5 Å². The molecule has 126 valence electrons. The average Bonchev–Trinajstić information content (AvgIpc) is 2.56. The molecule has 0 spiro atoms. The summed E-state index contributed by atoms with van der Waals surface area (Å²) in [6.07, 6.45) is 0. The van der Waals surface area contributed by atoms with Gasteiger partial charge in [-0.25, -0.2) is 4.68 Å². The lowest BCUT2D eigenvalue weighted by molar-refractivity contribution is -0.138. The van der Waals surface area contributed by atoms with E-state index in [4.69, 9.17) is 4.74 Å². The van der Waals surface area contributed by atoms with Gasteiger partial charge in [-0.15, -0.1) is 0 Å². The molecular weight excluding hydrogens is 310 g/mol. The zero-order valence-electron chi connectivity index (χ0n) is 14.0. The van der Waals surface area contributed by atoms with Crippen molar-refractivity contribution in [2.24, 2.45) is 0 Å². The highest BCUT2D eigenvalue weighted by Crippen LogP contribution is 2.27. The summed E-state index contributed by atoms with van der Waals surface area (Å²) in [6.45, 7) is 1.26. The molecule has 24 heavy (non-hydrogen) atoms. The number of methoxy groups -OCH3 is 1. The quantitative estimate of drug-likeness (QED) is 0.768. The molecule has 0 saturated heterocycles. The number of hydrogen-bond acceptors (Lipinski definition) is 5. The average molecular weight is 329 g/mol. The molecule has 0 aliphatic rings. The second-order valence-electron chi connectivity index (χ2n) is 5.45. The summed E-state index contributed by atoms with van der Waals surface area (Å²) in [6, 6.07) is 8.70. The number of ketones is 1. The van der Waals surface area contributed by atoms with E-state index >= 15 is 0 Å². The summed E-state index contributed by atoms with van der Waals surface area (Å²) >= 11 is 0. The number of carbonyl (C=O) groups is 2. The molecule has 0 fully saturated rings. The van der Waals surface area contributed by atoms with Crippen LogP contribution in [0.15, 0.2) is 41.2 Å². The number of nitrogens with zero attached hydrogens (tertiary/aromatic N) is 3. The third kappa shape index (κ3) is 3.34. The minimum atomic E-state index is -1.29. The second kappa shape index (κ2) is 7.08. The molecule has 0 unspecified atom stereocenters. The van der Waals surface area contributed by atoms with Gasteiger partial charge in [-0.2, -0.15) is 5.10 Å². The maximum absolute atomic E-state index is 12.3. The van der Waals surface area contributed by atoms with E-state index in [1.165, 1.54) is 45.2 Å². The predicted molar refractivity (Wildman–Crippen MR) is 88.9 cm³/mol. The molecule has 2 rings (SSSR count). The van der Waals surface area contributed by atoms with Crippen LogP contribution in [0.1, 0.15) is 13.0 Å². The zero-order valence-corrected chi connectivity index (χ0v) is 14.0. The molecule has 0 N–H and O–H groups in total. The Morgan fingerprint density at radius 2 is 1.83 bits per heavy atom. The van der Waals surface area contributed by atoms with Crippen molar-refractivity contribution in [3.8, 4) is 17.0 Å². The van der Waals surface area contributed by atoms with Gasteiger partial charge in [0.2, 0.25) is 0 Å². The topological polar surface area (TPSA) is 81.5 Å². The first-order valence-electron chi connectivity index (χ1n) is 7.31. The van der Waals surface area contributed by atoms with Crippen LogP contribution in [0.3, 0.4) is 0 Å². The Hall–Kier alpha value is -2.96. The number of rotatable bonds is 5. The molecule has 0 bridgehead atoms. The van der Waals surface area contributed by atoms with Crippen molar-refractivity contribution in [1.29, 1.82) is 0 Å². The van der Waals surface area contributed by atoms with Crippen LogP contribution in [0, 0.1) is 0 Å². The van der Waals surface area contributed by atoms with E-state index in [9.17, 15) is 14.4 Å². The maximum Gasteiger partial charge on any atom is 0.267 e. The number of Topliss-reactive ketones (excluding diaryl/α,β-unsaturated/α-hetero) is 1. The first kappa shape index (κ1) is 17.4. The van der Waals surface area contributed by atoms with Crippen LogP contribution in [0.2, 0.25) is 0 Å². The minimum Gasteiger partial charge on any atom is -0.496 e.